The van der Waals surface area contributed by atoms with Gasteiger partial charge in [0.15, 0.2) is 5.01 Å². The number of halogens is 1. The summed E-state index contributed by atoms with van der Waals surface area (Å²) in [5.41, 5.74) is -0.0294. The van der Waals surface area contributed by atoms with Crippen LogP contribution in [0, 0.1) is 15.9 Å². The quantitative estimate of drug-likeness (QED) is 0.688. The molecule has 1 atom stereocenters. The SMILES string of the molecule is CNC(C)c1nnc(-c2cc(F)ccc2[N+](=O)[O-])s1. The molecule has 0 fully saturated rings. The number of benzene rings is 1. The molecule has 2 rings (SSSR count). The minimum Gasteiger partial charge on any atom is -0.311 e. The highest BCUT2D eigenvalue weighted by molar-refractivity contribution is 7.14. The van der Waals surface area contributed by atoms with Gasteiger partial charge in [0.2, 0.25) is 0 Å². The molecular weight excluding hydrogens is 271 g/mol. The van der Waals surface area contributed by atoms with Crippen molar-refractivity contribution in [3.8, 4) is 10.6 Å². The molecule has 6 nitrogen and oxygen atoms in total. The van der Waals surface area contributed by atoms with E-state index >= 15 is 0 Å². The lowest BCUT2D eigenvalue weighted by Gasteiger charge is -2.03. The second kappa shape index (κ2) is 5.37. The first kappa shape index (κ1) is 13.5. The molecule has 0 saturated carbocycles. The van der Waals surface area contributed by atoms with Gasteiger partial charge in [-0.05, 0) is 26.1 Å². The molecule has 1 aromatic heterocycles. The molecule has 19 heavy (non-hydrogen) atoms. The van der Waals surface area contributed by atoms with E-state index in [1.54, 1.807) is 7.05 Å². The molecule has 1 N–H and O–H groups in total. The van der Waals surface area contributed by atoms with Gasteiger partial charge in [-0.2, -0.15) is 0 Å². The van der Waals surface area contributed by atoms with Crippen molar-refractivity contribution in [1.29, 1.82) is 0 Å². The molecule has 0 spiro atoms. The van der Waals surface area contributed by atoms with Crippen molar-refractivity contribution in [3.05, 3.63) is 39.1 Å². The van der Waals surface area contributed by atoms with Crippen LogP contribution < -0.4 is 5.32 Å². The van der Waals surface area contributed by atoms with Crippen LogP contribution in [0.3, 0.4) is 0 Å². The van der Waals surface area contributed by atoms with Gasteiger partial charge in [0.25, 0.3) is 5.69 Å². The first-order valence-electron chi connectivity index (χ1n) is 5.48. The minimum absolute atomic E-state index is 0.0149. The number of hydrogen-bond acceptors (Lipinski definition) is 6. The van der Waals surface area contributed by atoms with Crippen LogP contribution in [0.4, 0.5) is 10.1 Å². The summed E-state index contributed by atoms with van der Waals surface area (Å²) in [6.45, 7) is 1.89. The second-order valence-corrected chi connectivity index (χ2v) is 4.88. The summed E-state index contributed by atoms with van der Waals surface area (Å²) in [4.78, 5) is 10.4. The Labute approximate surface area is 112 Å². The van der Waals surface area contributed by atoms with Gasteiger partial charge in [-0.15, -0.1) is 10.2 Å². The predicted molar refractivity (Wildman–Crippen MR) is 69.4 cm³/mol. The molecule has 2 aromatic rings. The van der Waals surface area contributed by atoms with Gasteiger partial charge in [-0.3, -0.25) is 10.1 Å². The highest BCUT2D eigenvalue weighted by atomic mass is 32.1. The molecule has 1 aromatic carbocycles. The van der Waals surface area contributed by atoms with Crippen molar-refractivity contribution in [1.82, 2.24) is 15.5 Å². The van der Waals surface area contributed by atoms with E-state index < -0.39 is 10.7 Å². The summed E-state index contributed by atoms with van der Waals surface area (Å²) < 4.78 is 13.2. The second-order valence-electron chi connectivity index (χ2n) is 3.87. The normalized spacial score (nSPS) is 12.4. The van der Waals surface area contributed by atoms with Crippen LogP contribution in [0.2, 0.25) is 0 Å². The summed E-state index contributed by atoms with van der Waals surface area (Å²) in [6.07, 6.45) is 0. The van der Waals surface area contributed by atoms with Gasteiger partial charge in [0.1, 0.15) is 10.8 Å². The third kappa shape index (κ3) is 2.74. The molecule has 0 aliphatic carbocycles. The number of nitro groups is 1. The van der Waals surface area contributed by atoms with Crippen LogP contribution in [-0.2, 0) is 0 Å². The van der Waals surface area contributed by atoms with E-state index in [-0.39, 0.29) is 17.3 Å². The number of rotatable bonds is 4. The summed E-state index contributed by atoms with van der Waals surface area (Å²) >= 11 is 1.20. The largest absolute Gasteiger partial charge is 0.311 e. The van der Waals surface area contributed by atoms with Gasteiger partial charge in [0, 0.05) is 6.07 Å². The van der Waals surface area contributed by atoms with E-state index in [1.165, 1.54) is 11.3 Å². The van der Waals surface area contributed by atoms with Crippen molar-refractivity contribution < 1.29 is 9.31 Å². The van der Waals surface area contributed by atoms with Gasteiger partial charge in [-0.1, -0.05) is 11.3 Å². The Morgan fingerprint density at radius 1 is 1.47 bits per heavy atom. The van der Waals surface area contributed by atoms with Crippen LogP contribution >= 0.6 is 11.3 Å². The van der Waals surface area contributed by atoms with E-state index in [0.717, 1.165) is 18.2 Å². The first-order chi connectivity index (χ1) is 9.02. The number of aromatic nitrogens is 2. The van der Waals surface area contributed by atoms with Crippen LogP contribution in [0.1, 0.15) is 18.0 Å². The van der Waals surface area contributed by atoms with Crippen molar-refractivity contribution in [2.45, 2.75) is 13.0 Å². The molecule has 1 heterocycles. The number of nitrogens with one attached hydrogen (secondary N) is 1. The van der Waals surface area contributed by atoms with Gasteiger partial charge in [-0.25, -0.2) is 4.39 Å². The molecule has 0 amide bonds. The highest BCUT2D eigenvalue weighted by Gasteiger charge is 2.20. The maximum absolute atomic E-state index is 13.2. The Bertz CT molecular complexity index is 616. The lowest BCUT2D eigenvalue weighted by Crippen LogP contribution is -2.11. The number of nitrogens with zero attached hydrogens (tertiary/aromatic N) is 3. The van der Waals surface area contributed by atoms with Gasteiger partial charge >= 0.3 is 0 Å². The van der Waals surface area contributed by atoms with E-state index in [4.69, 9.17) is 0 Å². The Hall–Kier alpha value is -1.93. The van der Waals surface area contributed by atoms with Crippen molar-refractivity contribution in [2.24, 2.45) is 0 Å². The number of hydrogen-bond donors (Lipinski definition) is 1. The maximum atomic E-state index is 13.2. The first-order valence-corrected chi connectivity index (χ1v) is 6.29. The third-order valence-corrected chi connectivity index (χ3v) is 3.77. The smallest absolute Gasteiger partial charge is 0.279 e. The summed E-state index contributed by atoms with van der Waals surface area (Å²) in [5.74, 6) is -0.543. The molecule has 1 unspecified atom stereocenters. The standard InChI is InChI=1S/C11H11FN4O2S/c1-6(13-2)10-14-15-11(19-10)8-5-7(12)3-4-9(8)16(17)18/h3-6,13H,1-2H3. The minimum atomic E-state index is -0.558. The Morgan fingerprint density at radius 3 is 2.84 bits per heavy atom. The Morgan fingerprint density at radius 2 is 2.21 bits per heavy atom. The van der Waals surface area contributed by atoms with E-state index in [0.29, 0.717) is 10.0 Å². The molecule has 0 aliphatic heterocycles. The van der Waals surface area contributed by atoms with Crippen LogP contribution in [0.25, 0.3) is 10.6 Å². The number of nitro benzene ring substituents is 1. The molecule has 0 saturated heterocycles. The predicted octanol–water partition coefficient (Wildman–Crippen LogP) is 2.53. The van der Waals surface area contributed by atoms with E-state index in [2.05, 4.69) is 15.5 Å². The zero-order chi connectivity index (χ0) is 14.0. The van der Waals surface area contributed by atoms with Crippen molar-refractivity contribution >= 4 is 17.0 Å². The Kier molecular flexibility index (Phi) is 3.82. The fraction of sp³-hybridized carbons (Fsp3) is 0.273. The topological polar surface area (TPSA) is 81.0 Å². The molecule has 0 radical (unpaired) electrons. The molecular formula is C11H11FN4O2S. The molecule has 8 heteroatoms. The molecule has 0 bridgehead atoms. The summed E-state index contributed by atoms with van der Waals surface area (Å²) in [5, 5.41) is 22.8. The van der Waals surface area contributed by atoms with Crippen LogP contribution in [0.15, 0.2) is 18.2 Å². The zero-order valence-corrected chi connectivity index (χ0v) is 11.1. The van der Waals surface area contributed by atoms with Crippen LogP contribution in [-0.4, -0.2) is 22.2 Å². The highest BCUT2D eigenvalue weighted by Crippen LogP contribution is 2.33. The van der Waals surface area contributed by atoms with Crippen molar-refractivity contribution in [2.75, 3.05) is 7.05 Å². The monoisotopic (exact) mass is 282 g/mol. The fourth-order valence-corrected chi connectivity index (χ4v) is 2.41. The van der Waals surface area contributed by atoms with Gasteiger partial charge in [0.05, 0.1) is 16.5 Å². The Balaban J connectivity index is 2.49. The lowest BCUT2D eigenvalue weighted by molar-refractivity contribution is -0.384. The maximum Gasteiger partial charge on any atom is 0.279 e. The van der Waals surface area contributed by atoms with Crippen LogP contribution in [0.5, 0.6) is 0 Å². The van der Waals surface area contributed by atoms with E-state index in [1.807, 2.05) is 6.92 Å². The zero-order valence-electron chi connectivity index (χ0n) is 10.3. The average Bonchev–Trinajstić information content (AvgIpc) is 2.86. The van der Waals surface area contributed by atoms with Crippen molar-refractivity contribution in [3.63, 3.8) is 0 Å². The van der Waals surface area contributed by atoms with Gasteiger partial charge < -0.3 is 5.32 Å². The summed E-state index contributed by atoms with van der Waals surface area (Å²) in [7, 11) is 1.77. The summed E-state index contributed by atoms with van der Waals surface area (Å²) in [6, 6.07) is 3.28. The molecule has 0 aliphatic rings. The molecule has 100 valence electrons. The van der Waals surface area contributed by atoms with E-state index in [9.17, 15) is 14.5 Å². The fourth-order valence-electron chi connectivity index (χ4n) is 1.48. The lowest BCUT2D eigenvalue weighted by atomic mass is 10.2. The third-order valence-electron chi connectivity index (χ3n) is 2.63. The average molecular weight is 282 g/mol.